The SMILES string of the molecule is O=S(=O)(I)OOOOOOOOOOOOOOO. The summed E-state index contributed by atoms with van der Waals surface area (Å²) in [6.45, 7) is 0. The number of halogens is 1. The van der Waals surface area contributed by atoms with Gasteiger partial charge in [-0.05, 0) is 65.5 Å². The minimum Gasteiger partial charge on any atom is -0.219 e. The van der Waals surface area contributed by atoms with Crippen molar-refractivity contribution in [1.29, 1.82) is 0 Å². The second-order valence-corrected chi connectivity index (χ2v) is 5.51. The number of hydrogen-bond acceptors (Lipinski definition) is 17. The van der Waals surface area contributed by atoms with Crippen LogP contribution in [0.15, 0.2) is 0 Å². The second-order valence-electron chi connectivity index (χ2n) is 1.35. The molecule has 0 aromatic rings. The molecule has 0 radical (unpaired) electrons. The summed E-state index contributed by atoms with van der Waals surface area (Å²) in [7, 11) is -3.95. The molecule has 0 spiro atoms. The van der Waals surface area contributed by atoms with E-state index in [0.29, 0.717) is 0 Å². The average Bonchev–Trinajstić information content (AvgIpc) is 2.34. The molecule has 19 heavy (non-hydrogen) atoms. The van der Waals surface area contributed by atoms with E-state index >= 15 is 0 Å². The van der Waals surface area contributed by atoms with Crippen LogP contribution in [0.4, 0.5) is 0 Å². The summed E-state index contributed by atoms with van der Waals surface area (Å²) in [5.41, 5.74) is 0. The fourth-order valence-corrected chi connectivity index (χ4v) is 0.439. The van der Waals surface area contributed by atoms with Gasteiger partial charge in [-0.15, -0.1) is 0 Å². The summed E-state index contributed by atoms with van der Waals surface area (Å²) in [6, 6.07) is 0. The highest BCUT2D eigenvalue weighted by molar-refractivity contribution is 14.2. The van der Waals surface area contributed by atoms with Crippen molar-refractivity contribution < 1.29 is 83.5 Å². The highest BCUT2D eigenvalue weighted by atomic mass is 127. The summed E-state index contributed by atoms with van der Waals surface area (Å²) in [4.78, 5) is 0. The van der Waals surface area contributed by atoms with Gasteiger partial charge in [-0.1, -0.05) is 4.33 Å². The van der Waals surface area contributed by atoms with Gasteiger partial charge < -0.3 is 0 Å². The molecular weight excluding hydrogens is 431 g/mol. The van der Waals surface area contributed by atoms with Crippen LogP contribution in [-0.2, 0) is 77.1 Å². The Morgan fingerprint density at radius 1 is 0.632 bits per heavy atom. The lowest BCUT2D eigenvalue weighted by Crippen LogP contribution is -2.05. The van der Waals surface area contributed by atoms with Crippen molar-refractivity contribution in [3.05, 3.63) is 0 Å². The third kappa shape index (κ3) is 18.1. The van der Waals surface area contributed by atoms with Crippen LogP contribution in [0, 0.1) is 0 Å². The molecule has 0 saturated heterocycles. The van der Waals surface area contributed by atoms with Crippen LogP contribution < -0.4 is 0 Å². The molecule has 0 saturated carbocycles. The van der Waals surface area contributed by atoms with Gasteiger partial charge in [-0.25, -0.2) is 5.26 Å². The Morgan fingerprint density at radius 3 is 1.26 bits per heavy atom. The van der Waals surface area contributed by atoms with Crippen molar-refractivity contribution in [3.63, 3.8) is 0 Å². The maximum Gasteiger partial charge on any atom is 0.349 e. The van der Waals surface area contributed by atoms with E-state index in [-0.39, 0.29) is 0 Å². The van der Waals surface area contributed by atoms with E-state index in [4.69, 9.17) is 5.26 Å². The Morgan fingerprint density at radius 2 is 0.947 bits per heavy atom. The molecule has 0 amide bonds. The maximum atomic E-state index is 10.2. The molecule has 17 nitrogen and oxygen atoms in total. The third-order valence-electron chi connectivity index (χ3n) is 0.445. The molecule has 116 valence electrons. The molecule has 0 atom stereocenters. The topological polar surface area (TPSA) is 184 Å². The molecule has 19 heteroatoms. The second kappa shape index (κ2) is 13.1. The highest BCUT2D eigenvalue weighted by Crippen LogP contribution is 2.03. The number of hydrogen-bond donors (Lipinski definition) is 1. The van der Waals surface area contributed by atoms with Crippen LogP contribution in [0.2, 0.25) is 0 Å². The minimum absolute atomic E-state index is 0.862. The van der Waals surface area contributed by atoms with Crippen LogP contribution in [0.1, 0.15) is 0 Å². The standard InChI is InChI=1S/HIO17S/c1-19(3,4)18-17-16-15-14-13-12-11-10-9-8-7-6-5-2/h2H. The van der Waals surface area contributed by atoms with Gasteiger partial charge in [0.2, 0.25) is 0 Å². The molecule has 0 fully saturated rings. The largest absolute Gasteiger partial charge is 0.349 e. The number of rotatable bonds is 14. The molecule has 0 aromatic carbocycles. The lowest BCUT2D eigenvalue weighted by Gasteiger charge is -1.98. The molecule has 0 aliphatic heterocycles. The highest BCUT2D eigenvalue weighted by Gasteiger charge is 2.06. The Labute approximate surface area is 112 Å². The van der Waals surface area contributed by atoms with Gasteiger partial charge in [0.05, 0.1) is 0 Å². The van der Waals surface area contributed by atoms with E-state index in [0.717, 1.165) is 21.2 Å². The van der Waals surface area contributed by atoms with Gasteiger partial charge in [0.15, 0.2) is 0 Å². The van der Waals surface area contributed by atoms with Crippen molar-refractivity contribution in [1.82, 2.24) is 0 Å². The predicted molar refractivity (Wildman–Crippen MR) is 40.8 cm³/mol. The van der Waals surface area contributed by atoms with Gasteiger partial charge in [-0.2, -0.15) is 8.42 Å². The van der Waals surface area contributed by atoms with Crippen LogP contribution in [0.3, 0.4) is 0 Å². The van der Waals surface area contributed by atoms with E-state index in [1.165, 1.54) is 0 Å². The Balaban J connectivity index is 3.03. The van der Waals surface area contributed by atoms with Crippen LogP contribution in [0.5, 0.6) is 0 Å². The summed E-state index contributed by atoms with van der Waals surface area (Å²) in [5, 5.41) is 51.1. The fraction of sp³-hybridized carbons (Fsp3) is 0. The smallest absolute Gasteiger partial charge is 0.219 e. The third-order valence-corrected chi connectivity index (χ3v) is 1.10. The molecule has 0 rings (SSSR count). The van der Waals surface area contributed by atoms with E-state index in [2.05, 4.69) is 69.8 Å². The molecule has 1 N–H and O–H groups in total. The minimum atomic E-state index is -3.95. The van der Waals surface area contributed by atoms with Crippen LogP contribution in [0.25, 0.3) is 0 Å². The zero-order valence-corrected chi connectivity index (χ0v) is 10.7. The molecule has 0 unspecified atom stereocenters. The first kappa shape index (κ1) is 19.1. The van der Waals surface area contributed by atoms with Crippen LogP contribution in [-0.4, -0.2) is 13.7 Å². The van der Waals surface area contributed by atoms with E-state index in [9.17, 15) is 8.42 Å². The Bertz CT molecular complexity index is 267. The normalized spacial score (nSPS) is 11.9. The zero-order valence-electron chi connectivity index (χ0n) is 7.77. The first-order valence-corrected chi connectivity index (χ1v) is 6.95. The first-order valence-electron chi connectivity index (χ1n) is 3.00. The first-order chi connectivity index (χ1) is 9.06. The van der Waals surface area contributed by atoms with Gasteiger partial charge in [0, 0.05) is 0 Å². The Hall–Kier alpha value is 0.0800. The van der Waals surface area contributed by atoms with Crippen molar-refractivity contribution in [2.75, 3.05) is 0 Å². The summed E-state index contributed by atoms with van der Waals surface area (Å²) in [5.74, 6) is 0. The monoisotopic (exact) mass is 432 g/mol. The maximum absolute atomic E-state index is 10.2. The lowest BCUT2D eigenvalue weighted by atomic mass is 14.0. The van der Waals surface area contributed by atoms with Crippen molar-refractivity contribution >= 4 is 28.5 Å². The molecule has 0 bridgehead atoms. The van der Waals surface area contributed by atoms with Crippen molar-refractivity contribution in [2.45, 2.75) is 0 Å². The van der Waals surface area contributed by atoms with Crippen LogP contribution >= 0.6 is 21.2 Å². The quantitative estimate of drug-likeness (QED) is 0.119. The fourth-order valence-electron chi connectivity index (χ4n) is 0.170. The Kier molecular flexibility index (Phi) is 13.1. The van der Waals surface area contributed by atoms with E-state index in [1.807, 2.05) is 0 Å². The lowest BCUT2D eigenvalue weighted by molar-refractivity contribution is -0.878. The van der Waals surface area contributed by atoms with Gasteiger partial charge >= 0.3 is 7.29 Å². The molecular formula is HIO17S. The molecule has 0 aliphatic carbocycles. The van der Waals surface area contributed by atoms with Crippen molar-refractivity contribution in [2.24, 2.45) is 0 Å². The van der Waals surface area contributed by atoms with Crippen molar-refractivity contribution in [3.8, 4) is 0 Å². The predicted octanol–water partition coefficient (Wildman–Crippen LogP) is -0.733. The summed E-state index contributed by atoms with van der Waals surface area (Å²) in [6.07, 6.45) is 0. The van der Waals surface area contributed by atoms with E-state index in [1.54, 1.807) is 0 Å². The molecule has 0 heterocycles. The average molecular weight is 432 g/mol. The zero-order chi connectivity index (χ0) is 14.4. The molecule has 0 aliphatic rings. The summed E-state index contributed by atoms with van der Waals surface area (Å²) >= 11 is 0.862. The van der Waals surface area contributed by atoms with Gasteiger partial charge in [0.1, 0.15) is 21.2 Å². The van der Waals surface area contributed by atoms with Gasteiger partial charge in [0.25, 0.3) is 0 Å². The molecule has 0 aromatic heterocycles. The summed E-state index contributed by atoms with van der Waals surface area (Å²) < 4.78 is 24.0. The van der Waals surface area contributed by atoms with E-state index < -0.39 is 7.29 Å². The van der Waals surface area contributed by atoms with Gasteiger partial charge in [-0.3, -0.25) is 0 Å².